The lowest BCUT2D eigenvalue weighted by molar-refractivity contribution is -0.124. The third-order valence-electron chi connectivity index (χ3n) is 4.20. The monoisotopic (exact) mass is 326 g/mol. The quantitative estimate of drug-likeness (QED) is 0.886. The van der Waals surface area contributed by atoms with E-state index in [1.54, 1.807) is 0 Å². The lowest BCUT2D eigenvalue weighted by Crippen LogP contribution is -2.54. The molecule has 0 saturated carbocycles. The molecule has 0 unspecified atom stereocenters. The van der Waals surface area contributed by atoms with Crippen molar-refractivity contribution in [2.24, 2.45) is 5.73 Å². The summed E-state index contributed by atoms with van der Waals surface area (Å²) in [6.45, 7) is 1.56. The Morgan fingerprint density at radius 1 is 1.08 bits per heavy atom. The number of ether oxygens (including phenoxy) is 2. The molecule has 126 valence electrons. The van der Waals surface area contributed by atoms with Crippen molar-refractivity contribution in [1.29, 1.82) is 0 Å². The minimum Gasteiger partial charge on any atom is -0.489 e. The van der Waals surface area contributed by atoms with Crippen molar-refractivity contribution in [2.75, 3.05) is 18.5 Å². The van der Waals surface area contributed by atoms with Crippen LogP contribution < -0.4 is 15.8 Å². The summed E-state index contributed by atoms with van der Waals surface area (Å²) in [4.78, 5) is 12.4. The molecule has 0 aromatic heterocycles. The predicted octanol–water partition coefficient (Wildman–Crippen LogP) is 2.71. The molecule has 2 aromatic rings. The third-order valence-corrected chi connectivity index (χ3v) is 4.20. The number of carbonyl (C=O) groups is 1. The number of rotatable bonds is 5. The van der Waals surface area contributed by atoms with Crippen LogP contribution in [0.4, 0.5) is 5.69 Å². The van der Waals surface area contributed by atoms with Gasteiger partial charge in [0.05, 0.1) is 0 Å². The Hall–Kier alpha value is -2.37. The summed E-state index contributed by atoms with van der Waals surface area (Å²) in [6, 6.07) is 17.3. The minimum atomic E-state index is -0.846. The van der Waals surface area contributed by atoms with Gasteiger partial charge < -0.3 is 20.5 Å². The fraction of sp³-hybridized carbons (Fsp3) is 0.316. The number of anilines is 1. The lowest BCUT2D eigenvalue weighted by Gasteiger charge is -2.31. The van der Waals surface area contributed by atoms with Crippen LogP contribution in [-0.4, -0.2) is 24.7 Å². The Kier molecular flexibility index (Phi) is 5.13. The first kappa shape index (κ1) is 16.5. The summed E-state index contributed by atoms with van der Waals surface area (Å²) >= 11 is 0. The second-order valence-corrected chi connectivity index (χ2v) is 6.02. The number of amides is 1. The molecule has 1 amide bonds. The zero-order chi connectivity index (χ0) is 16.8. The summed E-state index contributed by atoms with van der Waals surface area (Å²) in [5.41, 5.74) is 7.15. The summed E-state index contributed by atoms with van der Waals surface area (Å²) < 4.78 is 11.0. The van der Waals surface area contributed by atoms with Crippen molar-refractivity contribution < 1.29 is 14.3 Å². The number of benzene rings is 2. The normalized spacial score (nSPS) is 16.4. The highest BCUT2D eigenvalue weighted by atomic mass is 16.5. The van der Waals surface area contributed by atoms with Gasteiger partial charge >= 0.3 is 0 Å². The summed E-state index contributed by atoms with van der Waals surface area (Å²) in [6.07, 6.45) is 1.08. The van der Waals surface area contributed by atoms with Crippen LogP contribution in [0.2, 0.25) is 0 Å². The SMILES string of the molecule is NC1(C(=O)Nc2ccc(OCc3ccccc3)cc2)CCOCC1. The van der Waals surface area contributed by atoms with E-state index in [2.05, 4.69) is 5.32 Å². The molecule has 0 bridgehead atoms. The van der Waals surface area contributed by atoms with Gasteiger partial charge in [0.1, 0.15) is 17.9 Å². The Morgan fingerprint density at radius 3 is 2.42 bits per heavy atom. The van der Waals surface area contributed by atoms with Crippen molar-refractivity contribution in [3.63, 3.8) is 0 Å². The molecule has 1 heterocycles. The first-order valence-electron chi connectivity index (χ1n) is 8.11. The van der Waals surface area contributed by atoms with Crippen molar-refractivity contribution in [1.82, 2.24) is 0 Å². The maximum Gasteiger partial charge on any atom is 0.244 e. The van der Waals surface area contributed by atoms with Gasteiger partial charge in [-0.1, -0.05) is 30.3 Å². The van der Waals surface area contributed by atoms with Gasteiger partial charge in [-0.05, 0) is 42.7 Å². The molecule has 0 radical (unpaired) electrons. The van der Waals surface area contributed by atoms with Gasteiger partial charge in [-0.2, -0.15) is 0 Å². The van der Waals surface area contributed by atoms with Gasteiger partial charge in [-0.3, -0.25) is 4.79 Å². The van der Waals surface area contributed by atoms with Crippen LogP contribution >= 0.6 is 0 Å². The zero-order valence-electron chi connectivity index (χ0n) is 13.5. The Bertz CT molecular complexity index is 665. The first-order chi connectivity index (χ1) is 11.7. The molecule has 2 aromatic carbocycles. The Morgan fingerprint density at radius 2 is 1.75 bits per heavy atom. The third kappa shape index (κ3) is 4.13. The van der Waals surface area contributed by atoms with Gasteiger partial charge in [0.15, 0.2) is 0 Å². The molecule has 24 heavy (non-hydrogen) atoms. The molecule has 3 rings (SSSR count). The second-order valence-electron chi connectivity index (χ2n) is 6.02. The van der Waals surface area contributed by atoms with E-state index >= 15 is 0 Å². The molecule has 1 aliphatic heterocycles. The average molecular weight is 326 g/mol. The number of hydrogen-bond acceptors (Lipinski definition) is 4. The molecule has 3 N–H and O–H groups in total. The first-order valence-corrected chi connectivity index (χ1v) is 8.11. The number of carbonyl (C=O) groups excluding carboxylic acids is 1. The zero-order valence-corrected chi connectivity index (χ0v) is 13.5. The maximum absolute atomic E-state index is 12.4. The van der Waals surface area contributed by atoms with E-state index in [1.165, 1.54) is 0 Å². The molecule has 1 saturated heterocycles. The van der Waals surface area contributed by atoms with Crippen LogP contribution in [0.3, 0.4) is 0 Å². The van der Waals surface area contributed by atoms with E-state index in [1.807, 2.05) is 54.6 Å². The fourth-order valence-electron chi connectivity index (χ4n) is 2.59. The topological polar surface area (TPSA) is 73.6 Å². The van der Waals surface area contributed by atoms with Gasteiger partial charge in [0.2, 0.25) is 5.91 Å². The maximum atomic E-state index is 12.4. The molecule has 1 fully saturated rings. The largest absolute Gasteiger partial charge is 0.489 e. The summed E-state index contributed by atoms with van der Waals surface area (Å²) in [7, 11) is 0. The molecule has 1 aliphatic rings. The van der Waals surface area contributed by atoms with E-state index in [0.717, 1.165) is 11.3 Å². The van der Waals surface area contributed by atoms with Gasteiger partial charge in [-0.15, -0.1) is 0 Å². The van der Waals surface area contributed by atoms with Crippen LogP contribution in [0.1, 0.15) is 18.4 Å². The van der Waals surface area contributed by atoms with Crippen LogP contribution in [0.25, 0.3) is 0 Å². The predicted molar refractivity (Wildman–Crippen MR) is 92.8 cm³/mol. The summed E-state index contributed by atoms with van der Waals surface area (Å²) in [5.74, 6) is 0.592. The van der Waals surface area contributed by atoms with Crippen LogP contribution in [0.15, 0.2) is 54.6 Å². The lowest BCUT2D eigenvalue weighted by atomic mass is 9.90. The minimum absolute atomic E-state index is 0.163. The second kappa shape index (κ2) is 7.47. The molecule has 0 atom stereocenters. The molecule has 5 nitrogen and oxygen atoms in total. The smallest absolute Gasteiger partial charge is 0.244 e. The van der Waals surface area contributed by atoms with E-state index in [4.69, 9.17) is 15.2 Å². The molecular formula is C19H22N2O3. The van der Waals surface area contributed by atoms with Crippen LogP contribution in [-0.2, 0) is 16.1 Å². The van der Waals surface area contributed by atoms with Crippen molar-refractivity contribution in [3.05, 3.63) is 60.2 Å². The molecule has 0 spiro atoms. The van der Waals surface area contributed by atoms with Crippen LogP contribution in [0, 0.1) is 0 Å². The summed E-state index contributed by atoms with van der Waals surface area (Å²) in [5, 5.41) is 2.88. The van der Waals surface area contributed by atoms with Gasteiger partial charge in [-0.25, -0.2) is 0 Å². The van der Waals surface area contributed by atoms with Crippen LogP contribution in [0.5, 0.6) is 5.75 Å². The standard InChI is InChI=1S/C19H22N2O3/c20-19(10-12-23-13-11-19)18(22)21-16-6-8-17(9-7-16)24-14-15-4-2-1-3-5-15/h1-9H,10-14,20H2,(H,21,22). The van der Waals surface area contributed by atoms with Crippen molar-refractivity contribution >= 4 is 11.6 Å². The highest BCUT2D eigenvalue weighted by Gasteiger charge is 2.35. The van der Waals surface area contributed by atoms with E-state index in [9.17, 15) is 4.79 Å². The average Bonchev–Trinajstić information content (AvgIpc) is 2.62. The fourth-order valence-corrected chi connectivity index (χ4v) is 2.59. The highest BCUT2D eigenvalue weighted by molar-refractivity contribution is 5.98. The number of nitrogens with two attached hydrogens (primary N) is 1. The Labute approximate surface area is 141 Å². The molecule has 5 heteroatoms. The van der Waals surface area contributed by atoms with Crippen molar-refractivity contribution in [2.45, 2.75) is 25.0 Å². The van der Waals surface area contributed by atoms with Crippen molar-refractivity contribution in [3.8, 4) is 5.75 Å². The Balaban J connectivity index is 1.55. The number of nitrogens with one attached hydrogen (secondary N) is 1. The molecule has 0 aliphatic carbocycles. The van der Waals surface area contributed by atoms with E-state index in [-0.39, 0.29) is 5.91 Å². The van der Waals surface area contributed by atoms with E-state index in [0.29, 0.717) is 38.3 Å². The molecular weight excluding hydrogens is 304 g/mol. The highest BCUT2D eigenvalue weighted by Crippen LogP contribution is 2.22. The van der Waals surface area contributed by atoms with Gasteiger partial charge in [0, 0.05) is 18.9 Å². The van der Waals surface area contributed by atoms with E-state index < -0.39 is 5.54 Å². The van der Waals surface area contributed by atoms with Gasteiger partial charge in [0.25, 0.3) is 0 Å². The number of hydrogen-bond donors (Lipinski definition) is 2.